The minimum atomic E-state index is 1.13. The van der Waals surface area contributed by atoms with Gasteiger partial charge in [0.05, 0.1) is 5.69 Å². The first kappa shape index (κ1) is 27.7. The van der Waals surface area contributed by atoms with E-state index in [4.69, 9.17) is 0 Å². The highest BCUT2D eigenvalue weighted by molar-refractivity contribution is 6.26. The topological polar surface area (TPSA) is 3.24 Å². The van der Waals surface area contributed by atoms with Crippen molar-refractivity contribution in [3.05, 3.63) is 188 Å². The molecule has 0 radical (unpaired) electrons. The van der Waals surface area contributed by atoms with Crippen LogP contribution in [0, 0.1) is 0 Å². The monoisotopic (exact) mass is 621 g/mol. The number of hydrogen-bond donors (Lipinski definition) is 0. The fourth-order valence-corrected chi connectivity index (χ4v) is 8.02. The molecule has 10 rings (SSSR count). The molecule has 0 spiro atoms. The number of rotatable bonds is 5. The van der Waals surface area contributed by atoms with Crippen LogP contribution in [0.15, 0.2) is 188 Å². The van der Waals surface area contributed by atoms with Crippen molar-refractivity contribution in [2.75, 3.05) is 4.90 Å². The van der Waals surface area contributed by atoms with E-state index in [1.165, 1.54) is 81.8 Å². The predicted molar refractivity (Wildman–Crippen MR) is 211 cm³/mol. The highest BCUT2D eigenvalue weighted by Gasteiger charge is 2.22. The van der Waals surface area contributed by atoms with E-state index >= 15 is 0 Å². The summed E-state index contributed by atoms with van der Waals surface area (Å²) in [6.45, 7) is 0. The van der Waals surface area contributed by atoms with Crippen LogP contribution in [-0.2, 0) is 0 Å². The summed E-state index contributed by atoms with van der Waals surface area (Å²) in [5, 5.41) is 12.8. The van der Waals surface area contributed by atoms with E-state index in [0.717, 1.165) is 11.4 Å². The Hall–Kier alpha value is -6.44. The molecule has 228 valence electrons. The Morgan fingerprint density at radius 3 is 1.35 bits per heavy atom. The van der Waals surface area contributed by atoms with Gasteiger partial charge >= 0.3 is 0 Å². The molecular weight excluding hydrogens is 591 g/mol. The predicted octanol–water partition coefficient (Wildman–Crippen LogP) is 13.7. The molecule has 0 aliphatic carbocycles. The SMILES string of the molecule is c1ccc(N(c2ccccc2)c2c3ccccc3c(-c3ccc(-c4ccc5ccc6cccc7ccc4c5c67)cc3)c3ccccc23)cc1. The second-order valence-electron chi connectivity index (χ2n) is 12.9. The summed E-state index contributed by atoms with van der Waals surface area (Å²) in [6, 6.07) is 68.7. The van der Waals surface area contributed by atoms with Crippen LogP contribution >= 0.6 is 0 Å². The third-order valence-electron chi connectivity index (χ3n) is 10.2. The third kappa shape index (κ3) is 4.33. The van der Waals surface area contributed by atoms with Crippen LogP contribution in [0.3, 0.4) is 0 Å². The van der Waals surface area contributed by atoms with Crippen molar-refractivity contribution in [3.63, 3.8) is 0 Å². The summed E-state index contributed by atoms with van der Waals surface area (Å²) >= 11 is 0. The number of anilines is 3. The van der Waals surface area contributed by atoms with Crippen molar-refractivity contribution in [2.45, 2.75) is 0 Å². The maximum Gasteiger partial charge on any atom is 0.0618 e. The fourth-order valence-electron chi connectivity index (χ4n) is 8.02. The van der Waals surface area contributed by atoms with Crippen molar-refractivity contribution >= 4 is 70.9 Å². The summed E-state index contributed by atoms with van der Waals surface area (Å²) in [6.07, 6.45) is 0. The minimum Gasteiger partial charge on any atom is -0.309 e. The van der Waals surface area contributed by atoms with Crippen LogP contribution in [0.4, 0.5) is 17.1 Å². The largest absolute Gasteiger partial charge is 0.309 e. The van der Waals surface area contributed by atoms with Crippen molar-refractivity contribution in [1.82, 2.24) is 0 Å². The van der Waals surface area contributed by atoms with Crippen molar-refractivity contribution in [1.29, 1.82) is 0 Å². The molecule has 0 bridgehead atoms. The highest BCUT2D eigenvalue weighted by atomic mass is 15.1. The van der Waals surface area contributed by atoms with Crippen LogP contribution < -0.4 is 4.90 Å². The molecular formula is C48H31N. The smallest absolute Gasteiger partial charge is 0.0618 e. The van der Waals surface area contributed by atoms with Crippen LogP contribution in [0.1, 0.15) is 0 Å². The van der Waals surface area contributed by atoms with Crippen LogP contribution in [0.25, 0.3) is 76.1 Å². The fraction of sp³-hybridized carbons (Fsp3) is 0. The maximum atomic E-state index is 2.41. The van der Waals surface area contributed by atoms with E-state index in [9.17, 15) is 0 Å². The van der Waals surface area contributed by atoms with Gasteiger partial charge in [-0.1, -0.05) is 164 Å². The molecule has 1 heteroatoms. The van der Waals surface area contributed by atoms with Crippen molar-refractivity contribution in [2.24, 2.45) is 0 Å². The van der Waals surface area contributed by atoms with Gasteiger partial charge in [-0.2, -0.15) is 0 Å². The van der Waals surface area contributed by atoms with Gasteiger partial charge in [0.25, 0.3) is 0 Å². The summed E-state index contributed by atoms with van der Waals surface area (Å²) in [7, 11) is 0. The molecule has 0 unspecified atom stereocenters. The van der Waals surface area contributed by atoms with Crippen molar-refractivity contribution in [3.8, 4) is 22.3 Å². The molecule has 0 saturated heterocycles. The Morgan fingerprint density at radius 1 is 0.286 bits per heavy atom. The van der Waals surface area contributed by atoms with Gasteiger partial charge in [-0.15, -0.1) is 0 Å². The van der Waals surface area contributed by atoms with E-state index < -0.39 is 0 Å². The Balaban J connectivity index is 1.18. The normalized spacial score (nSPS) is 11.7. The molecule has 10 aromatic rings. The Morgan fingerprint density at radius 2 is 0.755 bits per heavy atom. The first-order valence-corrected chi connectivity index (χ1v) is 16.9. The maximum absolute atomic E-state index is 2.41. The zero-order valence-electron chi connectivity index (χ0n) is 26.8. The van der Waals surface area contributed by atoms with E-state index in [2.05, 4.69) is 193 Å². The summed E-state index contributed by atoms with van der Waals surface area (Å²) < 4.78 is 0. The lowest BCUT2D eigenvalue weighted by Crippen LogP contribution is -2.11. The quantitative estimate of drug-likeness (QED) is 0.136. The first-order valence-electron chi connectivity index (χ1n) is 16.9. The standard InChI is InChI=1S/C48H31N/c1-3-14-37(15-4-1)49(38-16-5-2-6-17-38)48-43-20-9-7-18-40(43)46(41-19-8-10-21-44(41)48)35-24-22-32(23-25-35)39-30-28-36-27-26-33-12-11-13-34-29-31-42(39)47(36)45(33)34/h1-31H. The Kier molecular flexibility index (Phi) is 6.25. The molecule has 0 saturated carbocycles. The van der Waals surface area contributed by atoms with Gasteiger partial charge in [-0.3, -0.25) is 0 Å². The van der Waals surface area contributed by atoms with E-state index in [-0.39, 0.29) is 0 Å². The zero-order valence-corrected chi connectivity index (χ0v) is 26.8. The average Bonchev–Trinajstić information content (AvgIpc) is 3.18. The second kappa shape index (κ2) is 11.1. The molecule has 0 N–H and O–H groups in total. The van der Waals surface area contributed by atoms with E-state index in [1.54, 1.807) is 0 Å². The molecule has 0 aromatic heterocycles. The molecule has 0 aliphatic heterocycles. The zero-order chi connectivity index (χ0) is 32.3. The summed E-state index contributed by atoms with van der Waals surface area (Å²) in [5.41, 5.74) is 8.43. The van der Waals surface area contributed by atoms with Crippen LogP contribution in [-0.4, -0.2) is 0 Å². The lowest BCUT2D eigenvalue weighted by molar-refractivity contribution is 1.31. The van der Waals surface area contributed by atoms with Gasteiger partial charge < -0.3 is 4.90 Å². The van der Waals surface area contributed by atoms with Gasteiger partial charge in [-0.25, -0.2) is 0 Å². The van der Waals surface area contributed by atoms with Gasteiger partial charge in [0, 0.05) is 22.1 Å². The lowest BCUT2D eigenvalue weighted by Gasteiger charge is -2.29. The molecule has 0 heterocycles. The van der Waals surface area contributed by atoms with Gasteiger partial charge in [-0.05, 0) is 89.6 Å². The highest BCUT2D eigenvalue weighted by Crippen LogP contribution is 2.48. The van der Waals surface area contributed by atoms with Crippen LogP contribution in [0.2, 0.25) is 0 Å². The number of para-hydroxylation sites is 2. The van der Waals surface area contributed by atoms with Crippen molar-refractivity contribution < 1.29 is 0 Å². The average molecular weight is 622 g/mol. The second-order valence-corrected chi connectivity index (χ2v) is 12.9. The van der Waals surface area contributed by atoms with Gasteiger partial charge in [0.2, 0.25) is 0 Å². The molecule has 10 aromatic carbocycles. The molecule has 49 heavy (non-hydrogen) atoms. The van der Waals surface area contributed by atoms with E-state index in [1.807, 2.05) is 0 Å². The number of nitrogens with zero attached hydrogens (tertiary/aromatic N) is 1. The molecule has 1 nitrogen and oxygen atoms in total. The molecule has 0 aliphatic rings. The van der Waals surface area contributed by atoms with Gasteiger partial charge in [0.15, 0.2) is 0 Å². The number of benzene rings is 10. The Bertz CT molecular complexity index is 2690. The van der Waals surface area contributed by atoms with E-state index in [0.29, 0.717) is 0 Å². The summed E-state index contributed by atoms with van der Waals surface area (Å²) in [4.78, 5) is 2.41. The number of hydrogen-bond acceptors (Lipinski definition) is 1. The summed E-state index contributed by atoms with van der Waals surface area (Å²) in [5.74, 6) is 0. The Labute approximate surface area is 285 Å². The number of fused-ring (bicyclic) bond motifs is 2. The molecule has 0 atom stereocenters. The first-order chi connectivity index (χ1) is 24.3. The molecule has 0 fully saturated rings. The van der Waals surface area contributed by atoms with Crippen LogP contribution in [0.5, 0.6) is 0 Å². The molecule has 0 amide bonds. The third-order valence-corrected chi connectivity index (χ3v) is 10.2. The lowest BCUT2D eigenvalue weighted by atomic mass is 9.88. The minimum absolute atomic E-state index is 1.13. The van der Waals surface area contributed by atoms with Gasteiger partial charge in [0.1, 0.15) is 0 Å².